The van der Waals surface area contributed by atoms with E-state index in [1.165, 1.54) is 18.2 Å². The van der Waals surface area contributed by atoms with Crippen molar-refractivity contribution in [1.29, 1.82) is 0 Å². The molecule has 0 unspecified atom stereocenters. The Morgan fingerprint density at radius 3 is 2.52 bits per heavy atom. The van der Waals surface area contributed by atoms with Gasteiger partial charge in [-0.1, -0.05) is 6.07 Å². The van der Waals surface area contributed by atoms with Crippen LogP contribution >= 0.6 is 24.8 Å². The Bertz CT molecular complexity index is 525. The Hall–Kier alpha value is -0.440. The molecule has 122 valence electrons. The average Bonchev–Trinajstić information content (AvgIpc) is 2.40. The lowest BCUT2D eigenvalue weighted by Gasteiger charge is -2.27. The standard InChI is InChI=1S/C12H18FN3O2S.2ClH/c13-11-2-1-3-12(10-11)19(17,18)15-6-9-16-7-4-14-5-8-16;;/h1-3,10,14-15H,4-9H2;2*1H. The number of nitrogens with one attached hydrogen (secondary N) is 2. The van der Waals surface area contributed by atoms with Crippen LogP contribution in [-0.4, -0.2) is 52.6 Å². The molecule has 9 heteroatoms. The second kappa shape index (κ2) is 9.55. The third kappa shape index (κ3) is 6.46. The average molecular weight is 360 g/mol. The fraction of sp³-hybridized carbons (Fsp3) is 0.500. The summed E-state index contributed by atoms with van der Waals surface area (Å²) in [5.74, 6) is -0.551. The number of halogens is 3. The Kier molecular flexibility index (Phi) is 9.35. The Labute approximate surface area is 137 Å². The van der Waals surface area contributed by atoms with Gasteiger partial charge in [0.05, 0.1) is 4.90 Å². The van der Waals surface area contributed by atoms with Gasteiger partial charge in [-0.2, -0.15) is 0 Å². The number of benzene rings is 1. The smallest absolute Gasteiger partial charge is 0.240 e. The molecule has 0 aliphatic carbocycles. The molecule has 0 bridgehead atoms. The van der Waals surface area contributed by atoms with Crippen molar-refractivity contribution in [2.24, 2.45) is 0 Å². The van der Waals surface area contributed by atoms with E-state index in [0.717, 1.165) is 32.2 Å². The van der Waals surface area contributed by atoms with Crippen LogP contribution in [0.1, 0.15) is 0 Å². The first-order chi connectivity index (χ1) is 9.08. The molecule has 2 N–H and O–H groups in total. The summed E-state index contributed by atoms with van der Waals surface area (Å²) in [6, 6.07) is 5.02. The highest BCUT2D eigenvalue weighted by Gasteiger charge is 2.15. The number of hydrogen-bond donors (Lipinski definition) is 2. The van der Waals surface area contributed by atoms with Crippen LogP contribution in [0.2, 0.25) is 0 Å². The number of nitrogens with zero attached hydrogens (tertiary/aromatic N) is 1. The van der Waals surface area contributed by atoms with E-state index >= 15 is 0 Å². The van der Waals surface area contributed by atoms with Gasteiger partial charge in [-0.25, -0.2) is 17.5 Å². The molecule has 0 radical (unpaired) electrons. The number of piperazine rings is 1. The molecule has 21 heavy (non-hydrogen) atoms. The van der Waals surface area contributed by atoms with Crippen LogP contribution in [0.4, 0.5) is 4.39 Å². The molecule has 0 aromatic heterocycles. The molecule has 0 atom stereocenters. The van der Waals surface area contributed by atoms with Crippen molar-refractivity contribution in [3.8, 4) is 0 Å². The first-order valence-electron chi connectivity index (χ1n) is 6.26. The number of hydrogen-bond acceptors (Lipinski definition) is 4. The highest BCUT2D eigenvalue weighted by Crippen LogP contribution is 2.09. The van der Waals surface area contributed by atoms with E-state index in [2.05, 4.69) is 14.9 Å². The molecule has 1 aliphatic rings. The number of rotatable bonds is 5. The molecule has 1 fully saturated rings. The summed E-state index contributed by atoms with van der Waals surface area (Å²) >= 11 is 0. The molecule has 1 aromatic rings. The van der Waals surface area contributed by atoms with Gasteiger partial charge in [0.1, 0.15) is 5.82 Å². The molecule has 0 saturated carbocycles. The first-order valence-corrected chi connectivity index (χ1v) is 7.74. The highest BCUT2D eigenvalue weighted by atomic mass is 35.5. The quantitative estimate of drug-likeness (QED) is 0.818. The predicted octanol–water partition coefficient (Wildman–Crippen LogP) is 0.853. The van der Waals surface area contributed by atoms with E-state index < -0.39 is 15.8 Å². The molecule has 2 rings (SSSR count). The summed E-state index contributed by atoms with van der Waals surface area (Å²) in [5.41, 5.74) is 0. The van der Waals surface area contributed by atoms with Gasteiger partial charge >= 0.3 is 0 Å². The molecule has 0 spiro atoms. The molecule has 1 heterocycles. The van der Waals surface area contributed by atoms with Crippen molar-refractivity contribution < 1.29 is 12.8 Å². The fourth-order valence-electron chi connectivity index (χ4n) is 1.99. The van der Waals surface area contributed by atoms with Gasteiger partial charge in [0.25, 0.3) is 0 Å². The fourth-order valence-corrected chi connectivity index (χ4v) is 3.04. The lowest BCUT2D eigenvalue weighted by atomic mass is 10.3. The topological polar surface area (TPSA) is 61.4 Å². The highest BCUT2D eigenvalue weighted by molar-refractivity contribution is 7.89. The molecule has 5 nitrogen and oxygen atoms in total. The first kappa shape index (κ1) is 20.6. The maximum atomic E-state index is 13.0. The summed E-state index contributed by atoms with van der Waals surface area (Å²) in [7, 11) is -3.62. The minimum atomic E-state index is -3.62. The summed E-state index contributed by atoms with van der Waals surface area (Å²) in [6.45, 7) is 4.69. The third-order valence-corrected chi connectivity index (χ3v) is 4.49. The van der Waals surface area contributed by atoms with Crippen molar-refractivity contribution in [3.05, 3.63) is 30.1 Å². The van der Waals surface area contributed by atoms with Gasteiger partial charge in [-0.15, -0.1) is 24.8 Å². The van der Waals surface area contributed by atoms with Crippen molar-refractivity contribution >= 4 is 34.8 Å². The minimum Gasteiger partial charge on any atom is -0.314 e. The Morgan fingerprint density at radius 1 is 1.24 bits per heavy atom. The third-order valence-electron chi connectivity index (χ3n) is 3.04. The second-order valence-electron chi connectivity index (χ2n) is 4.45. The zero-order valence-electron chi connectivity index (χ0n) is 11.4. The van der Waals surface area contributed by atoms with Gasteiger partial charge in [-0.3, -0.25) is 4.90 Å². The molecule has 0 amide bonds. The van der Waals surface area contributed by atoms with Gasteiger partial charge in [0.15, 0.2) is 0 Å². The van der Waals surface area contributed by atoms with Crippen molar-refractivity contribution in [2.75, 3.05) is 39.3 Å². The van der Waals surface area contributed by atoms with Crippen LogP contribution in [0, 0.1) is 5.82 Å². The maximum absolute atomic E-state index is 13.0. The molecule has 1 aromatic carbocycles. The van der Waals surface area contributed by atoms with Crippen LogP contribution in [-0.2, 0) is 10.0 Å². The van der Waals surface area contributed by atoms with E-state index in [9.17, 15) is 12.8 Å². The minimum absolute atomic E-state index is 0. The van der Waals surface area contributed by atoms with E-state index in [0.29, 0.717) is 13.1 Å². The van der Waals surface area contributed by atoms with Crippen LogP contribution in [0.15, 0.2) is 29.2 Å². The van der Waals surface area contributed by atoms with Crippen molar-refractivity contribution in [3.63, 3.8) is 0 Å². The lowest BCUT2D eigenvalue weighted by molar-refractivity contribution is 0.245. The Morgan fingerprint density at radius 2 is 1.90 bits per heavy atom. The second-order valence-corrected chi connectivity index (χ2v) is 6.21. The maximum Gasteiger partial charge on any atom is 0.240 e. The zero-order chi connectivity index (χ0) is 13.7. The largest absolute Gasteiger partial charge is 0.314 e. The molecule has 1 saturated heterocycles. The SMILES string of the molecule is Cl.Cl.O=S(=O)(NCCN1CCNCC1)c1cccc(F)c1. The normalized spacial score (nSPS) is 15.9. The Balaban J connectivity index is 0.00000200. The van der Waals surface area contributed by atoms with Gasteiger partial charge in [-0.05, 0) is 18.2 Å². The molecular formula is C12H20Cl2FN3O2S. The van der Waals surface area contributed by atoms with E-state index in [4.69, 9.17) is 0 Å². The zero-order valence-corrected chi connectivity index (χ0v) is 13.9. The van der Waals surface area contributed by atoms with E-state index in [-0.39, 0.29) is 29.7 Å². The summed E-state index contributed by atoms with van der Waals surface area (Å²) in [5, 5.41) is 3.23. The molecule has 1 aliphatic heterocycles. The van der Waals surface area contributed by atoms with Crippen molar-refractivity contribution in [2.45, 2.75) is 4.90 Å². The van der Waals surface area contributed by atoms with Crippen LogP contribution in [0.5, 0.6) is 0 Å². The van der Waals surface area contributed by atoms with Crippen LogP contribution < -0.4 is 10.0 Å². The van der Waals surface area contributed by atoms with Gasteiger partial charge in [0, 0.05) is 39.3 Å². The van der Waals surface area contributed by atoms with Gasteiger partial charge < -0.3 is 5.32 Å². The lowest BCUT2D eigenvalue weighted by Crippen LogP contribution is -2.46. The summed E-state index contributed by atoms with van der Waals surface area (Å²) in [6.07, 6.45) is 0. The summed E-state index contributed by atoms with van der Waals surface area (Å²) < 4.78 is 39.3. The summed E-state index contributed by atoms with van der Waals surface area (Å²) in [4.78, 5) is 2.15. The van der Waals surface area contributed by atoms with E-state index in [1.54, 1.807) is 0 Å². The molecular weight excluding hydrogens is 340 g/mol. The van der Waals surface area contributed by atoms with Crippen molar-refractivity contribution in [1.82, 2.24) is 14.9 Å². The van der Waals surface area contributed by atoms with Crippen LogP contribution in [0.25, 0.3) is 0 Å². The van der Waals surface area contributed by atoms with Gasteiger partial charge in [0.2, 0.25) is 10.0 Å². The number of sulfonamides is 1. The van der Waals surface area contributed by atoms with E-state index in [1.807, 2.05) is 0 Å². The monoisotopic (exact) mass is 359 g/mol. The van der Waals surface area contributed by atoms with Crippen LogP contribution in [0.3, 0.4) is 0 Å². The predicted molar refractivity (Wildman–Crippen MR) is 85.4 cm³/mol.